The SMILES string of the molecule is Cc1cccc(CCC(=O)Nc2ccc(I)cc2)c1. The molecule has 19 heavy (non-hydrogen) atoms. The minimum Gasteiger partial charge on any atom is -0.326 e. The van der Waals surface area contributed by atoms with Gasteiger partial charge in [-0.2, -0.15) is 0 Å². The number of amides is 1. The molecule has 0 fully saturated rings. The van der Waals surface area contributed by atoms with Gasteiger partial charge in [-0.15, -0.1) is 0 Å². The summed E-state index contributed by atoms with van der Waals surface area (Å²) >= 11 is 2.24. The van der Waals surface area contributed by atoms with Crippen molar-refractivity contribution >= 4 is 34.2 Å². The maximum atomic E-state index is 11.8. The van der Waals surface area contributed by atoms with Crippen molar-refractivity contribution in [2.24, 2.45) is 0 Å². The summed E-state index contributed by atoms with van der Waals surface area (Å²) in [4.78, 5) is 11.8. The molecule has 1 amide bonds. The molecule has 98 valence electrons. The highest BCUT2D eigenvalue weighted by atomic mass is 127. The zero-order valence-electron chi connectivity index (χ0n) is 10.8. The van der Waals surface area contributed by atoms with E-state index in [4.69, 9.17) is 0 Å². The van der Waals surface area contributed by atoms with Gasteiger partial charge in [-0.05, 0) is 65.8 Å². The maximum absolute atomic E-state index is 11.8. The number of hydrogen-bond acceptors (Lipinski definition) is 1. The summed E-state index contributed by atoms with van der Waals surface area (Å²) in [7, 11) is 0. The molecule has 2 nitrogen and oxygen atoms in total. The van der Waals surface area contributed by atoms with E-state index in [-0.39, 0.29) is 5.91 Å². The summed E-state index contributed by atoms with van der Waals surface area (Å²) < 4.78 is 1.16. The third-order valence-corrected chi connectivity index (χ3v) is 3.57. The molecule has 1 N–H and O–H groups in total. The molecule has 2 aromatic carbocycles. The van der Waals surface area contributed by atoms with Gasteiger partial charge in [-0.25, -0.2) is 0 Å². The molecule has 0 aliphatic heterocycles. The number of rotatable bonds is 4. The predicted molar refractivity (Wildman–Crippen MR) is 87.3 cm³/mol. The van der Waals surface area contributed by atoms with Gasteiger partial charge in [-0.1, -0.05) is 29.8 Å². The lowest BCUT2D eigenvalue weighted by Crippen LogP contribution is -2.12. The van der Waals surface area contributed by atoms with Crippen LogP contribution >= 0.6 is 22.6 Å². The second kappa shape index (κ2) is 6.70. The predicted octanol–water partition coefficient (Wildman–Crippen LogP) is 4.17. The highest BCUT2D eigenvalue weighted by molar-refractivity contribution is 14.1. The first-order chi connectivity index (χ1) is 9.13. The van der Waals surface area contributed by atoms with E-state index >= 15 is 0 Å². The van der Waals surface area contributed by atoms with Gasteiger partial charge in [0.2, 0.25) is 5.91 Å². The van der Waals surface area contributed by atoms with E-state index < -0.39 is 0 Å². The number of benzene rings is 2. The Hall–Kier alpha value is -1.36. The quantitative estimate of drug-likeness (QED) is 0.810. The number of carbonyl (C=O) groups is 1. The average Bonchev–Trinajstić information content (AvgIpc) is 2.39. The van der Waals surface area contributed by atoms with Gasteiger partial charge in [0.1, 0.15) is 0 Å². The number of hydrogen-bond donors (Lipinski definition) is 1. The van der Waals surface area contributed by atoms with Gasteiger partial charge in [0.25, 0.3) is 0 Å². The molecular weight excluding hydrogens is 349 g/mol. The second-order valence-electron chi connectivity index (χ2n) is 4.54. The van der Waals surface area contributed by atoms with E-state index in [0.29, 0.717) is 6.42 Å². The zero-order valence-corrected chi connectivity index (χ0v) is 13.0. The first kappa shape index (κ1) is 14.1. The minimum absolute atomic E-state index is 0.0581. The molecule has 2 rings (SSSR count). The third kappa shape index (κ3) is 4.67. The van der Waals surface area contributed by atoms with Crippen LogP contribution in [0.2, 0.25) is 0 Å². The monoisotopic (exact) mass is 365 g/mol. The van der Waals surface area contributed by atoms with Crippen LogP contribution in [0.3, 0.4) is 0 Å². The number of carbonyl (C=O) groups excluding carboxylic acids is 1. The van der Waals surface area contributed by atoms with Gasteiger partial charge in [0.05, 0.1) is 0 Å². The highest BCUT2D eigenvalue weighted by Crippen LogP contribution is 2.12. The highest BCUT2D eigenvalue weighted by Gasteiger charge is 2.03. The van der Waals surface area contributed by atoms with Crippen LogP contribution in [0, 0.1) is 10.5 Å². The number of halogens is 1. The van der Waals surface area contributed by atoms with E-state index in [1.165, 1.54) is 11.1 Å². The summed E-state index contributed by atoms with van der Waals surface area (Å²) in [5, 5.41) is 2.91. The Bertz CT molecular complexity index is 563. The number of anilines is 1. The van der Waals surface area contributed by atoms with Crippen LogP contribution in [0.1, 0.15) is 17.5 Å². The Labute approximate surface area is 127 Å². The Kier molecular flexibility index (Phi) is 4.96. The summed E-state index contributed by atoms with van der Waals surface area (Å²) in [6.07, 6.45) is 1.29. The van der Waals surface area contributed by atoms with Gasteiger partial charge in [-0.3, -0.25) is 4.79 Å². The molecule has 0 saturated carbocycles. The normalized spacial score (nSPS) is 10.2. The van der Waals surface area contributed by atoms with Crippen molar-refractivity contribution < 1.29 is 4.79 Å². The molecule has 0 radical (unpaired) electrons. The summed E-state index contributed by atoms with van der Waals surface area (Å²) in [6.45, 7) is 2.06. The second-order valence-corrected chi connectivity index (χ2v) is 5.79. The van der Waals surface area contributed by atoms with Gasteiger partial charge < -0.3 is 5.32 Å². The van der Waals surface area contributed by atoms with Crippen LogP contribution in [-0.2, 0) is 11.2 Å². The molecule has 3 heteroatoms. The molecule has 2 aromatic rings. The fraction of sp³-hybridized carbons (Fsp3) is 0.188. The van der Waals surface area contributed by atoms with Crippen molar-refractivity contribution in [3.63, 3.8) is 0 Å². The number of nitrogens with one attached hydrogen (secondary N) is 1. The van der Waals surface area contributed by atoms with Crippen LogP contribution in [-0.4, -0.2) is 5.91 Å². The first-order valence-corrected chi connectivity index (χ1v) is 7.32. The Balaban J connectivity index is 1.86. The largest absolute Gasteiger partial charge is 0.326 e. The number of aryl methyl sites for hydroxylation is 2. The van der Waals surface area contributed by atoms with Crippen molar-refractivity contribution in [1.29, 1.82) is 0 Å². The molecule has 0 heterocycles. The summed E-state index contributed by atoms with van der Waals surface area (Å²) in [6, 6.07) is 16.1. The van der Waals surface area contributed by atoms with E-state index in [1.807, 2.05) is 30.3 Å². The van der Waals surface area contributed by atoms with Crippen LogP contribution in [0.4, 0.5) is 5.69 Å². The van der Waals surface area contributed by atoms with E-state index in [9.17, 15) is 4.79 Å². The summed E-state index contributed by atoms with van der Waals surface area (Å²) in [5.74, 6) is 0.0581. The molecule has 0 bridgehead atoms. The fourth-order valence-corrected chi connectivity index (χ4v) is 2.24. The van der Waals surface area contributed by atoms with Gasteiger partial charge >= 0.3 is 0 Å². The van der Waals surface area contributed by atoms with Crippen molar-refractivity contribution in [1.82, 2.24) is 0 Å². The topological polar surface area (TPSA) is 29.1 Å². The molecule has 0 saturated heterocycles. The molecule has 0 aromatic heterocycles. The third-order valence-electron chi connectivity index (χ3n) is 2.85. The first-order valence-electron chi connectivity index (χ1n) is 6.24. The maximum Gasteiger partial charge on any atom is 0.224 e. The van der Waals surface area contributed by atoms with Crippen molar-refractivity contribution in [3.8, 4) is 0 Å². The Morgan fingerprint density at radius 1 is 1.16 bits per heavy atom. The molecule has 0 atom stereocenters. The minimum atomic E-state index is 0.0581. The van der Waals surface area contributed by atoms with E-state index in [2.05, 4.69) is 53.0 Å². The van der Waals surface area contributed by atoms with Crippen LogP contribution in [0.25, 0.3) is 0 Å². The lowest BCUT2D eigenvalue weighted by atomic mass is 10.1. The Morgan fingerprint density at radius 3 is 2.58 bits per heavy atom. The van der Waals surface area contributed by atoms with E-state index in [1.54, 1.807) is 0 Å². The van der Waals surface area contributed by atoms with Gasteiger partial charge in [0.15, 0.2) is 0 Å². The van der Waals surface area contributed by atoms with E-state index in [0.717, 1.165) is 15.7 Å². The zero-order chi connectivity index (χ0) is 13.7. The van der Waals surface area contributed by atoms with Crippen molar-refractivity contribution in [2.45, 2.75) is 19.8 Å². The molecule has 0 aliphatic carbocycles. The standard InChI is InChI=1S/C16H16INO/c1-12-3-2-4-13(11-12)5-10-16(19)18-15-8-6-14(17)7-9-15/h2-4,6-9,11H,5,10H2,1H3,(H,18,19). The van der Waals surface area contributed by atoms with Crippen LogP contribution in [0.5, 0.6) is 0 Å². The van der Waals surface area contributed by atoms with Crippen LogP contribution in [0.15, 0.2) is 48.5 Å². The molecular formula is C16H16INO. The lowest BCUT2D eigenvalue weighted by Gasteiger charge is -2.06. The Morgan fingerprint density at radius 2 is 1.89 bits per heavy atom. The van der Waals surface area contributed by atoms with Gasteiger partial charge in [0, 0.05) is 15.7 Å². The molecule has 0 aliphatic rings. The van der Waals surface area contributed by atoms with Crippen molar-refractivity contribution in [3.05, 3.63) is 63.2 Å². The molecule has 0 unspecified atom stereocenters. The lowest BCUT2D eigenvalue weighted by molar-refractivity contribution is -0.116. The fourth-order valence-electron chi connectivity index (χ4n) is 1.88. The smallest absolute Gasteiger partial charge is 0.224 e. The molecule has 0 spiro atoms. The van der Waals surface area contributed by atoms with Crippen LogP contribution < -0.4 is 5.32 Å². The average molecular weight is 365 g/mol. The van der Waals surface area contributed by atoms with Crippen molar-refractivity contribution in [2.75, 3.05) is 5.32 Å². The summed E-state index contributed by atoms with van der Waals surface area (Å²) in [5.41, 5.74) is 3.29.